The van der Waals surface area contributed by atoms with Gasteiger partial charge in [-0.25, -0.2) is 13.6 Å². The van der Waals surface area contributed by atoms with Gasteiger partial charge in [0.2, 0.25) is 5.43 Å². The van der Waals surface area contributed by atoms with Gasteiger partial charge >= 0.3 is 13.8 Å². The maximum atomic E-state index is 14.4. The van der Waals surface area contributed by atoms with E-state index in [0.717, 1.165) is 30.3 Å². The number of carboxylic acid groups (broad SMARTS) is 1. The average molecular weight is 610 g/mol. The van der Waals surface area contributed by atoms with Crippen LogP contribution in [0.4, 0.5) is 8.78 Å². The number of phenolic OH excluding ortho intramolecular Hbond substituents is 1. The topological polar surface area (TPSA) is 186 Å². The van der Waals surface area contributed by atoms with Gasteiger partial charge in [-0.05, 0) is 54.4 Å². The Hall–Kier alpha value is -5.10. The first kappa shape index (κ1) is 29.4. The van der Waals surface area contributed by atoms with Crippen molar-refractivity contribution in [2.45, 2.75) is 13.0 Å². The predicted molar refractivity (Wildman–Crippen MR) is 146 cm³/mol. The zero-order valence-corrected chi connectivity index (χ0v) is 22.7. The van der Waals surface area contributed by atoms with E-state index in [1.165, 1.54) is 36.4 Å². The largest absolute Gasteiger partial charge is 0.746 e. The normalized spacial score (nSPS) is 13.4. The Labute approximate surface area is 240 Å². The number of rotatable bonds is 7. The lowest BCUT2D eigenvalue weighted by Gasteiger charge is -2.19. The summed E-state index contributed by atoms with van der Waals surface area (Å²) < 4.78 is 49.7. The number of fused-ring (bicyclic) bond motifs is 2. The van der Waals surface area contributed by atoms with Crippen molar-refractivity contribution >= 4 is 30.7 Å². The third kappa shape index (κ3) is 5.95. The molecule has 0 saturated carbocycles. The number of carbonyl (C=O) groups excluding carboxylic acids is 1. The molecule has 2 atom stereocenters. The molecule has 14 heteroatoms. The second-order valence-electron chi connectivity index (χ2n) is 9.45. The van der Waals surface area contributed by atoms with Crippen LogP contribution >= 0.6 is 7.82 Å². The SMILES string of the molecule is CC(NC(=O)c1ccc(-c2c3cc(F)c(=O)cc-3oc3cc(O)c(F)cc23)c(C(=O)O)c1)c1ccc(OP(=O)([O-])O)cc1. The Morgan fingerprint density at radius 1 is 1.00 bits per heavy atom. The molecule has 4 N–H and O–H groups in total. The van der Waals surface area contributed by atoms with Crippen molar-refractivity contribution in [2.75, 3.05) is 0 Å². The van der Waals surface area contributed by atoms with E-state index >= 15 is 0 Å². The maximum Gasteiger partial charge on any atom is 0.336 e. The van der Waals surface area contributed by atoms with Crippen molar-refractivity contribution in [1.29, 1.82) is 0 Å². The molecule has 1 aliphatic carbocycles. The van der Waals surface area contributed by atoms with Gasteiger partial charge in [-0.1, -0.05) is 18.2 Å². The first-order chi connectivity index (χ1) is 20.2. The van der Waals surface area contributed by atoms with Crippen LogP contribution in [0.15, 0.2) is 75.9 Å². The molecule has 0 spiro atoms. The van der Waals surface area contributed by atoms with E-state index in [1.807, 2.05) is 0 Å². The fourth-order valence-electron chi connectivity index (χ4n) is 4.59. The molecule has 11 nitrogen and oxygen atoms in total. The Kier molecular flexibility index (Phi) is 7.49. The molecule has 2 unspecified atom stereocenters. The van der Waals surface area contributed by atoms with Gasteiger partial charge in [0.1, 0.15) is 17.1 Å². The predicted octanol–water partition coefficient (Wildman–Crippen LogP) is 4.58. The summed E-state index contributed by atoms with van der Waals surface area (Å²) in [5.74, 6) is -5.47. The third-order valence-corrected chi connectivity index (χ3v) is 7.01. The van der Waals surface area contributed by atoms with Crippen molar-refractivity contribution in [1.82, 2.24) is 5.32 Å². The van der Waals surface area contributed by atoms with Crippen LogP contribution in [-0.4, -0.2) is 27.0 Å². The molecule has 43 heavy (non-hydrogen) atoms. The minimum Gasteiger partial charge on any atom is -0.746 e. The number of phosphoric acid groups is 1. The highest BCUT2D eigenvalue weighted by atomic mass is 31.2. The van der Waals surface area contributed by atoms with Gasteiger partial charge in [0.25, 0.3) is 5.91 Å². The van der Waals surface area contributed by atoms with Gasteiger partial charge in [0, 0.05) is 34.2 Å². The van der Waals surface area contributed by atoms with E-state index in [9.17, 15) is 42.8 Å². The number of amides is 1. The van der Waals surface area contributed by atoms with Crippen LogP contribution < -0.4 is 20.2 Å². The molecular weight excluding hydrogens is 591 g/mol. The number of aromatic carboxylic acids is 1. The summed E-state index contributed by atoms with van der Waals surface area (Å²) in [5.41, 5.74) is -1.22. The summed E-state index contributed by atoms with van der Waals surface area (Å²) in [6.07, 6.45) is 0. The number of phosphoric ester groups is 1. The standard InChI is InChI=1S/C29H20F2NO10P/c1-13(14-2-5-16(6-3-14)42-43(38,39)40)32-28(35)15-4-7-17(18(8-15)29(36)37)27-19-9-21(30)23(33)11-25(19)41-26-12-24(34)22(31)10-20(26)27/h2-13,33H,1H3,(H,32,35)(H,36,37)(H2,38,39,40)/p-1. The first-order valence-electron chi connectivity index (χ1n) is 12.3. The molecule has 2 aliphatic rings. The minimum absolute atomic E-state index is 0.0143. The monoisotopic (exact) mass is 610 g/mol. The second kappa shape index (κ2) is 11.0. The van der Waals surface area contributed by atoms with Crippen molar-refractivity contribution in [2.24, 2.45) is 0 Å². The number of hydrogen-bond acceptors (Lipinski definition) is 8. The fourth-order valence-corrected chi connectivity index (χ4v) is 4.97. The molecule has 3 aromatic rings. The number of carbonyl (C=O) groups is 2. The summed E-state index contributed by atoms with van der Waals surface area (Å²) in [6.45, 7) is 1.61. The lowest BCUT2D eigenvalue weighted by molar-refractivity contribution is -0.211. The van der Waals surface area contributed by atoms with Crippen molar-refractivity contribution in [3.63, 3.8) is 0 Å². The fraction of sp³-hybridized carbons (Fsp3) is 0.0690. The highest BCUT2D eigenvalue weighted by molar-refractivity contribution is 7.45. The third-order valence-electron chi connectivity index (χ3n) is 6.57. The maximum absolute atomic E-state index is 14.4. The van der Waals surface area contributed by atoms with E-state index in [-0.39, 0.29) is 44.7 Å². The van der Waals surface area contributed by atoms with E-state index in [0.29, 0.717) is 5.56 Å². The van der Waals surface area contributed by atoms with Crippen LogP contribution in [0.2, 0.25) is 0 Å². The Morgan fingerprint density at radius 3 is 2.35 bits per heavy atom. The molecule has 1 aliphatic heterocycles. The van der Waals surface area contributed by atoms with Gasteiger partial charge in [-0.3, -0.25) is 14.2 Å². The number of nitrogens with one attached hydrogen (secondary N) is 1. The molecule has 3 aromatic carbocycles. The highest BCUT2D eigenvalue weighted by Crippen LogP contribution is 2.43. The molecule has 5 rings (SSSR count). The molecule has 0 saturated heterocycles. The number of aromatic hydroxyl groups is 1. The highest BCUT2D eigenvalue weighted by Gasteiger charge is 2.25. The summed E-state index contributed by atoms with van der Waals surface area (Å²) in [6, 6.07) is 11.9. The van der Waals surface area contributed by atoms with Crippen molar-refractivity contribution in [3.05, 3.63) is 105 Å². The van der Waals surface area contributed by atoms with E-state index < -0.39 is 54.1 Å². The molecule has 220 valence electrons. The summed E-state index contributed by atoms with van der Waals surface area (Å²) in [4.78, 5) is 57.2. The number of halogens is 2. The second-order valence-corrected chi connectivity index (χ2v) is 10.6. The van der Waals surface area contributed by atoms with Gasteiger partial charge in [-0.15, -0.1) is 0 Å². The van der Waals surface area contributed by atoms with Crippen LogP contribution in [0.25, 0.3) is 33.4 Å². The van der Waals surface area contributed by atoms with E-state index in [2.05, 4.69) is 9.84 Å². The van der Waals surface area contributed by atoms with Gasteiger partial charge < -0.3 is 34.3 Å². The van der Waals surface area contributed by atoms with E-state index in [1.54, 1.807) is 6.92 Å². The smallest absolute Gasteiger partial charge is 0.336 e. The zero-order chi connectivity index (χ0) is 31.2. The zero-order valence-electron chi connectivity index (χ0n) is 21.8. The molecule has 1 heterocycles. The lowest BCUT2D eigenvalue weighted by Crippen LogP contribution is -2.26. The average Bonchev–Trinajstić information content (AvgIpc) is 2.93. The Morgan fingerprint density at radius 2 is 1.70 bits per heavy atom. The van der Waals surface area contributed by atoms with Crippen LogP contribution in [0.5, 0.6) is 11.5 Å². The lowest BCUT2D eigenvalue weighted by atomic mass is 9.89. The molecular formula is C29H19F2NO10P-. The van der Waals surface area contributed by atoms with Gasteiger partial charge in [-0.2, -0.15) is 0 Å². The van der Waals surface area contributed by atoms with Crippen molar-refractivity contribution < 1.29 is 51.9 Å². The van der Waals surface area contributed by atoms with Gasteiger partial charge in [0.15, 0.2) is 17.4 Å². The first-order valence-corrected chi connectivity index (χ1v) is 13.8. The molecule has 1 amide bonds. The number of benzene rings is 4. The summed E-state index contributed by atoms with van der Waals surface area (Å²) in [5, 5.41) is 22.6. The molecule has 0 fully saturated rings. The molecule has 0 aromatic heterocycles. The van der Waals surface area contributed by atoms with Crippen molar-refractivity contribution in [3.8, 4) is 33.9 Å². The van der Waals surface area contributed by atoms with Crippen LogP contribution in [-0.2, 0) is 4.57 Å². The van der Waals surface area contributed by atoms with Crippen LogP contribution in [0.3, 0.4) is 0 Å². The minimum atomic E-state index is -5.00. The number of carboxylic acids is 1. The number of hydrogen-bond donors (Lipinski definition) is 4. The Bertz CT molecular complexity index is 2000. The van der Waals surface area contributed by atoms with E-state index in [4.69, 9.17) is 9.31 Å². The van der Waals surface area contributed by atoms with Crippen LogP contribution in [0.1, 0.15) is 39.2 Å². The van der Waals surface area contributed by atoms with Gasteiger partial charge in [0.05, 0.1) is 11.6 Å². The van der Waals surface area contributed by atoms with Crippen LogP contribution in [0, 0.1) is 11.6 Å². The molecule has 0 radical (unpaired) electrons. The summed E-state index contributed by atoms with van der Waals surface area (Å²) >= 11 is 0. The number of phenols is 1. The molecule has 0 bridgehead atoms. The summed E-state index contributed by atoms with van der Waals surface area (Å²) in [7, 11) is -5.00. The Balaban J connectivity index is 1.56. The quantitative estimate of drug-likeness (QED) is 0.150.